The first-order chi connectivity index (χ1) is 15.7. The third kappa shape index (κ3) is 3.87. The number of hydrogen-bond acceptors (Lipinski definition) is 5. The Hall–Kier alpha value is -3.58. The number of pyridine rings is 1. The maximum absolute atomic E-state index is 12.9. The van der Waals surface area contributed by atoms with Crippen molar-refractivity contribution in [3.63, 3.8) is 0 Å². The number of fused-ring (bicyclic) bond motifs is 1. The van der Waals surface area contributed by atoms with E-state index in [9.17, 15) is 4.79 Å². The minimum atomic E-state index is -0.0930. The zero-order valence-corrected chi connectivity index (χ0v) is 18.1. The normalized spacial score (nSPS) is 18.2. The minimum Gasteiger partial charge on any atom is -0.350 e. The predicted molar refractivity (Wildman–Crippen MR) is 124 cm³/mol. The first-order valence-electron chi connectivity index (χ1n) is 11.1. The highest BCUT2D eigenvalue weighted by molar-refractivity contribution is 5.95. The van der Waals surface area contributed by atoms with Gasteiger partial charge in [-0.05, 0) is 44.0 Å². The molecule has 1 fully saturated rings. The minimum absolute atomic E-state index is 0.00567. The van der Waals surface area contributed by atoms with Gasteiger partial charge in [0.25, 0.3) is 5.91 Å². The number of carbonyl (C=O) groups is 1. The van der Waals surface area contributed by atoms with Gasteiger partial charge in [-0.2, -0.15) is 5.10 Å². The van der Waals surface area contributed by atoms with E-state index in [4.69, 9.17) is 4.98 Å². The van der Waals surface area contributed by atoms with Crippen LogP contribution in [0.3, 0.4) is 0 Å². The van der Waals surface area contributed by atoms with Gasteiger partial charge in [0.05, 0.1) is 23.1 Å². The Labute approximate surface area is 186 Å². The van der Waals surface area contributed by atoms with Crippen LogP contribution in [0.25, 0.3) is 28.2 Å². The van der Waals surface area contributed by atoms with E-state index in [0.717, 1.165) is 42.6 Å². The molecular formula is C25H26N6O. The average Bonchev–Trinajstić information content (AvgIpc) is 3.50. The molecule has 1 aromatic carbocycles. The quantitative estimate of drug-likeness (QED) is 0.491. The molecule has 0 radical (unpaired) electrons. The Balaban J connectivity index is 1.42. The highest BCUT2D eigenvalue weighted by Crippen LogP contribution is 2.25. The van der Waals surface area contributed by atoms with Gasteiger partial charge in [0.2, 0.25) is 0 Å². The summed E-state index contributed by atoms with van der Waals surface area (Å²) in [5.74, 6) is -0.0930. The van der Waals surface area contributed by atoms with Crippen molar-refractivity contribution in [3.05, 3.63) is 72.7 Å². The Morgan fingerprint density at radius 2 is 2.06 bits per heavy atom. The van der Waals surface area contributed by atoms with E-state index in [-0.39, 0.29) is 11.4 Å². The van der Waals surface area contributed by atoms with Crippen molar-refractivity contribution in [2.24, 2.45) is 0 Å². The highest BCUT2D eigenvalue weighted by atomic mass is 16.1. The Bertz CT molecular complexity index is 1240. The molecule has 0 aliphatic carbocycles. The zero-order valence-electron chi connectivity index (χ0n) is 18.1. The van der Waals surface area contributed by atoms with Crippen LogP contribution in [0.15, 0.2) is 67.1 Å². The molecule has 0 bridgehead atoms. The molecule has 1 saturated heterocycles. The molecular weight excluding hydrogens is 400 g/mol. The molecule has 1 unspecified atom stereocenters. The molecule has 7 nitrogen and oxygen atoms in total. The van der Waals surface area contributed by atoms with Gasteiger partial charge < -0.3 is 10.6 Å². The summed E-state index contributed by atoms with van der Waals surface area (Å²) < 4.78 is 1.73. The lowest BCUT2D eigenvalue weighted by molar-refractivity contribution is 0.0940. The van der Waals surface area contributed by atoms with Crippen LogP contribution < -0.4 is 10.6 Å². The first-order valence-corrected chi connectivity index (χ1v) is 11.1. The van der Waals surface area contributed by atoms with Crippen LogP contribution in [0, 0.1) is 0 Å². The van der Waals surface area contributed by atoms with Crippen LogP contribution in [0.4, 0.5) is 0 Å². The summed E-state index contributed by atoms with van der Waals surface area (Å²) >= 11 is 0. The third-order valence-electron chi connectivity index (χ3n) is 6.33. The number of nitrogens with one attached hydrogen (secondary N) is 2. The van der Waals surface area contributed by atoms with Crippen LogP contribution in [-0.4, -0.2) is 44.1 Å². The van der Waals surface area contributed by atoms with E-state index in [1.165, 1.54) is 0 Å². The van der Waals surface area contributed by atoms with Crippen LogP contribution in [-0.2, 0) is 0 Å². The van der Waals surface area contributed by atoms with E-state index >= 15 is 0 Å². The van der Waals surface area contributed by atoms with Gasteiger partial charge in [0.1, 0.15) is 0 Å². The highest BCUT2D eigenvalue weighted by Gasteiger charge is 2.31. The van der Waals surface area contributed by atoms with Gasteiger partial charge in [0.15, 0.2) is 5.65 Å². The fraction of sp³-hybridized carbons (Fsp3) is 0.280. The van der Waals surface area contributed by atoms with Crippen LogP contribution in [0.2, 0.25) is 0 Å². The summed E-state index contributed by atoms with van der Waals surface area (Å²) in [6, 6.07) is 15.5. The van der Waals surface area contributed by atoms with Crippen molar-refractivity contribution in [3.8, 4) is 22.5 Å². The van der Waals surface area contributed by atoms with E-state index in [1.807, 2.05) is 48.7 Å². The summed E-state index contributed by atoms with van der Waals surface area (Å²) in [5.41, 5.74) is 4.66. The molecule has 162 valence electrons. The molecule has 2 N–H and O–H groups in total. The smallest absolute Gasteiger partial charge is 0.251 e. The Kier molecular flexibility index (Phi) is 5.41. The monoisotopic (exact) mass is 426 g/mol. The van der Waals surface area contributed by atoms with Gasteiger partial charge in [-0.3, -0.25) is 9.78 Å². The number of hydrogen-bond donors (Lipinski definition) is 2. The Morgan fingerprint density at radius 1 is 1.19 bits per heavy atom. The summed E-state index contributed by atoms with van der Waals surface area (Å²) in [7, 11) is 0. The largest absolute Gasteiger partial charge is 0.350 e. The van der Waals surface area contributed by atoms with E-state index in [0.29, 0.717) is 23.4 Å². The number of benzene rings is 1. The van der Waals surface area contributed by atoms with Crippen molar-refractivity contribution in [2.75, 3.05) is 13.1 Å². The summed E-state index contributed by atoms with van der Waals surface area (Å²) in [5, 5.41) is 11.1. The molecule has 1 atom stereocenters. The van der Waals surface area contributed by atoms with Crippen molar-refractivity contribution < 1.29 is 4.79 Å². The van der Waals surface area contributed by atoms with Crippen molar-refractivity contribution in [1.82, 2.24) is 30.2 Å². The van der Waals surface area contributed by atoms with Gasteiger partial charge in [0, 0.05) is 35.6 Å². The Morgan fingerprint density at radius 3 is 2.84 bits per heavy atom. The average molecular weight is 427 g/mol. The maximum atomic E-state index is 12.9. The van der Waals surface area contributed by atoms with Crippen LogP contribution in [0.1, 0.15) is 36.5 Å². The van der Waals surface area contributed by atoms with E-state index in [1.54, 1.807) is 23.0 Å². The van der Waals surface area contributed by atoms with Crippen molar-refractivity contribution >= 4 is 11.6 Å². The standard InChI is InChI=1S/C25H26N6O/c1-2-25(11-6-12-28-25)17-27-24(32)19-9-13-26-22(15-19)20-16-29-31-14-10-21(30-23(20)31)18-7-4-3-5-8-18/h3-5,7-10,13-16,28H,2,6,11-12,17H2,1H3,(H,27,32). The lowest BCUT2D eigenvalue weighted by Gasteiger charge is -2.28. The SMILES string of the molecule is CCC1(CNC(=O)c2ccnc(-c3cnn4ccc(-c5ccccc5)nc34)c2)CCCN1. The maximum Gasteiger partial charge on any atom is 0.251 e. The molecule has 4 heterocycles. The summed E-state index contributed by atoms with van der Waals surface area (Å²) in [6.07, 6.45) is 8.53. The number of nitrogens with zero attached hydrogens (tertiary/aromatic N) is 4. The molecule has 0 spiro atoms. The van der Waals surface area contributed by atoms with E-state index < -0.39 is 0 Å². The van der Waals surface area contributed by atoms with Gasteiger partial charge in [-0.25, -0.2) is 9.50 Å². The first kappa shape index (κ1) is 20.3. The second-order valence-corrected chi connectivity index (χ2v) is 8.28. The molecule has 4 aromatic rings. The third-order valence-corrected chi connectivity index (χ3v) is 6.33. The topological polar surface area (TPSA) is 84.2 Å². The molecule has 0 saturated carbocycles. The lowest BCUT2D eigenvalue weighted by Crippen LogP contribution is -2.49. The molecule has 3 aromatic heterocycles. The van der Waals surface area contributed by atoms with Crippen LogP contribution in [0.5, 0.6) is 0 Å². The molecule has 1 aliphatic rings. The van der Waals surface area contributed by atoms with Crippen LogP contribution >= 0.6 is 0 Å². The summed E-state index contributed by atoms with van der Waals surface area (Å²) in [6.45, 7) is 3.80. The molecule has 7 heteroatoms. The van der Waals surface area contributed by atoms with Gasteiger partial charge in [-0.15, -0.1) is 0 Å². The fourth-order valence-corrected chi connectivity index (χ4v) is 4.34. The number of amides is 1. The number of carbonyl (C=O) groups excluding carboxylic acids is 1. The fourth-order valence-electron chi connectivity index (χ4n) is 4.34. The van der Waals surface area contributed by atoms with Gasteiger partial charge in [-0.1, -0.05) is 37.3 Å². The predicted octanol–water partition coefficient (Wildman–Crippen LogP) is 3.72. The number of rotatable bonds is 6. The van der Waals surface area contributed by atoms with Crippen molar-refractivity contribution in [1.29, 1.82) is 0 Å². The van der Waals surface area contributed by atoms with E-state index in [2.05, 4.69) is 27.6 Å². The second-order valence-electron chi connectivity index (χ2n) is 8.28. The zero-order chi connectivity index (χ0) is 22.0. The summed E-state index contributed by atoms with van der Waals surface area (Å²) in [4.78, 5) is 22.2. The van der Waals surface area contributed by atoms with Gasteiger partial charge >= 0.3 is 0 Å². The second kappa shape index (κ2) is 8.51. The lowest BCUT2D eigenvalue weighted by atomic mass is 9.94. The molecule has 1 aliphatic heterocycles. The molecule has 5 rings (SSSR count). The molecule has 1 amide bonds. The number of aromatic nitrogens is 4. The molecule has 32 heavy (non-hydrogen) atoms. The van der Waals surface area contributed by atoms with Crippen molar-refractivity contribution in [2.45, 2.75) is 31.7 Å².